The second-order valence-electron chi connectivity index (χ2n) is 38.4. The van der Waals surface area contributed by atoms with Gasteiger partial charge in [-0.15, -0.1) is 0 Å². The van der Waals surface area contributed by atoms with Crippen LogP contribution in [0.5, 0.6) is 0 Å². The van der Waals surface area contributed by atoms with Crippen LogP contribution in [0.4, 0.5) is 24.0 Å². The zero-order chi connectivity index (χ0) is 93.8. The largest absolute Gasteiger partial charge is 0.446 e. The summed E-state index contributed by atoms with van der Waals surface area (Å²) in [5.41, 5.74) is 14.7. The van der Waals surface area contributed by atoms with Gasteiger partial charge in [0.2, 0.25) is 10.0 Å². The molecule has 0 spiro atoms. The molecule has 4 saturated heterocycles. The molecular weight excluding hydrogens is 1740 g/mol. The van der Waals surface area contributed by atoms with Crippen molar-refractivity contribution in [2.24, 2.45) is 21.1 Å². The molecule has 31 nitrogen and oxygen atoms in total. The molecule has 4 aliphatic heterocycles. The van der Waals surface area contributed by atoms with Gasteiger partial charge in [0, 0.05) is 168 Å². The molecule has 9 amide bonds. The highest BCUT2D eigenvalue weighted by atomic mass is 35.5. The number of pyridine rings is 3. The molecule has 0 radical (unpaired) electrons. The van der Waals surface area contributed by atoms with E-state index in [0.717, 1.165) is 114 Å². The van der Waals surface area contributed by atoms with E-state index in [1.807, 2.05) is 202 Å². The normalized spacial score (nSPS) is 18.9. The fourth-order valence-electron chi connectivity index (χ4n) is 17.8. The Morgan fingerprint density at radius 2 is 0.748 bits per heavy atom. The van der Waals surface area contributed by atoms with E-state index < -0.39 is 44.8 Å². The van der Waals surface area contributed by atoms with E-state index in [0.29, 0.717) is 107 Å². The molecule has 10 heterocycles. The first kappa shape index (κ1) is 96.0. The Labute approximate surface area is 782 Å². The first-order valence-electron chi connectivity index (χ1n) is 44.4. The molecule has 35 heteroatoms. The Balaban J connectivity index is 0.000000159. The highest BCUT2D eigenvalue weighted by Gasteiger charge is 2.43. The predicted molar refractivity (Wildman–Crippen MR) is 511 cm³/mol. The maximum atomic E-state index is 13.4. The minimum absolute atomic E-state index is 0.0497. The molecule has 7 N–H and O–H groups in total. The second-order valence-corrected chi connectivity index (χ2v) is 41.7. The van der Waals surface area contributed by atoms with Crippen molar-refractivity contribution in [1.29, 1.82) is 0 Å². The number of piperazine rings is 3. The van der Waals surface area contributed by atoms with Gasteiger partial charge < -0.3 is 70.2 Å². The van der Waals surface area contributed by atoms with Gasteiger partial charge in [-0.2, -0.15) is 4.31 Å². The van der Waals surface area contributed by atoms with E-state index in [1.54, 1.807) is 48.7 Å². The lowest BCUT2D eigenvalue weighted by molar-refractivity contribution is -0.0155. The molecule has 0 bridgehead atoms. The quantitative estimate of drug-likeness (QED) is 0.0532. The smallest absolute Gasteiger partial charge is 0.410 e. The topological polar surface area (TPSA) is 334 Å². The van der Waals surface area contributed by atoms with Crippen LogP contribution in [0.3, 0.4) is 0 Å². The highest BCUT2D eigenvalue weighted by molar-refractivity contribution is 7.88. The Morgan fingerprint density at radius 1 is 0.435 bits per heavy atom. The van der Waals surface area contributed by atoms with Crippen molar-refractivity contribution in [3.8, 4) is 0 Å². The van der Waals surface area contributed by atoms with Gasteiger partial charge in [-0.1, -0.05) is 71.2 Å². The van der Waals surface area contributed by atoms with Crippen LogP contribution in [0.2, 0.25) is 15.1 Å². The third kappa shape index (κ3) is 23.5. The van der Waals surface area contributed by atoms with Crippen molar-refractivity contribution >= 4 is 110 Å². The lowest BCUT2D eigenvalue weighted by atomic mass is 9.90. The fourth-order valence-corrected chi connectivity index (χ4v) is 19.2. The summed E-state index contributed by atoms with van der Waals surface area (Å²) in [7, 11) is 2.45. The van der Waals surface area contributed by atoms with Gasteiger partial charge in [0.1, 0.15) is 6.10 Å². The summed E-state index contributed by atoms with van der Waals surface area (Å²) in [6.45, 7) is 31.5. The molecular formula is C96H121Cl3N22O9S. The monoisotopic (exact) mass is 1860 g/mol. The Kier molecular flexibility index (Phi) is 29.4. The van der Waals surface area contributed by atoms with Crippen molar-refractivity contribution in [2.75, 3.05) is 98.0 Å². The van der Waals surface area contributed by atoms with E-state index in [4.69, 9.17) is 59.2 Å². The number of imidazole rings is 3. The molecule has 3 aromatic carbocycles. The van der Waals surface area contributed by atoms with Crippen LogP contribution in [-0.2, 0) is 40.6 Å². The number of halogens is 3. The number of carbonyl (C=O) groups is 5. The first-order chi connectivity index (χ1) is 62.1. The molecule has 3 unspecified atom stereocenters. The molecule has 0 saturated carbocycles. The standard InChI is InChI=1S/C34H42ClN7O4.C33H43ClN8O2.C29H36ClN7O3S/c1-34(2,3)39-32(43)38-30(28-20-36-21-40(28)4)27-18-22-6-5-11-37-29(22)31(25-8-7-23(35)19-26(25)27)41-12-14-42(15-13-41)33(44)46-24-9-16-45-17-10-24;1-32(2,3)38-30(43)37-28(26-19-35-20-40(26)7)25-17-21-9-8-12-36-27(21)29(23-11-10-22(34)18-24(23)25)41-13-15-42(16-14-41)31(44)39-33(4,5)6;1-29(2,3)34-28(38)33-26(24-17-31-18-35(24)4)23-15-19-7-6-10-32-25(19)27(21-9-8-20(30)16-22(21)23)36-11-13-37(14-12-36)41(5,39)40/h5-8,11,18-21,24,30-31H,9-10,12-17H2,1-4H3,(H2,38,39,43);8-12,17-20,28-29H,13-16H2,1-7H3,(H,39,44)(H2,37,38,43);6-10,15-18,26-27H,11-14H2,1-5H3,(H2,33,34,38)/t30?,31-;28?,29-;26?,27-/m000/s1. The third-order valence-electron chi connectivity index (χ3n) is 23.8. The van der Waals surface area contributed by atoms with Crippen molar-refractivity contribution in [3.63, 3.8) is 0 Å². The Hall–Kier alpha value is -11.1. The van der Waals surface area contributed by atoms with Crippen LogP contribution in [-0.4, -0.2) is 237 Å². The summed E-state index contributed by atoms with van der Waals surface area (Å²) in [4.78, 5) is 104. The van der Waals surface area contributed by atoms with Crippen LogP contribution in [0.1, 0.15) is 216 Å². The number of hydrogen-bond acceptors (Lipinski definition) is 18. The van der Waals surface area contributed by atoms with E-state index in [2.05, 4.69) is 109 Å². The number of aryl methyl sites for hydroxylation is 3. The van der Waals surface area contributed by atoms with Crippen LogP contribution in [0, 0.1) is 0 Å². The number of amides is 9. The van der Waals surface area contributed by atoms with Gasteiger partial charge in [0.25, 0.3) is 0 Å². The number of sulfonamides is 1. The number of ether oxygens (including phenoxy) is 2. The van der Waals surface area contributed by atoms with Gasteiger partial charge in [-0.3, -0.25) is 29.7 Å². The van der Waals surface area contributed by atoms with Gasteiger partial charge >= 0.3 is 30.2 Å². The number of hydrogen-bond donors (Lipinski definition) is 7. The van der Waals surface area contributed by atoms with Crippen molar-refractivity contribution in [3.05, 3.63) is 246 Å². The first-order valence-corrected chi connectivity index (χ1v) is 47.4. The lowest BCUT2D eigenvalue weighted by Crippen LogP contribution is -2.55. The molecule has 7 aliphatic rings. The van der Waals surface area contributed by atoms with Crippen molar-refractivity contribution in [1.82, 2.24) is 110 Å². The highest BCUT2D eigenvalue weighted by Crippen LogP contribution is 2.49. The second kappa shape index (κ2) is 40.2. The summed E-state index contributed by atoms with van der Waals surface area (Å²) in [6, 6.07) is 26.4. The molecule has 9 aromatic rings. The number of urea groups is 4. The maximum absolute atomic E-state index is 13.4. The van der Waals surface area contributed by atoms with E-state index in [-0.39, 0.29) is 60.0 Å². The third-order valence-corrected chi connectivity index (χ3v) is 25.8. The summed E-state index contributed by atoms with van der Waals surface area (Å²) in [5, 5.41) is 23.6. The van der Waals surface area contributed by atoms with Crippen molar-refractivity contribution < 1.29 is 41.9 Å². The molecule has 16 rings (SSSR count). The Bertz CT molecular complexity index is 5870. The predicted octanol–water partition coefficient (Wildman–Crippen LogP) is 14.4. The summed E-state index contributed by atoms with van der Waals surface area (Å²) >= 11 is 20.0. The van der Waals surface area contributed by atoms with Crippen LogP contribution in [0.15, 0.2) is 147 Å². The fraction of sp³-hybridized carbons (Fsp3) is 0.448. The number of nitrogens with one attached hydrogen (secondary N) is 7. The van der Waals surface area contributed by atoms with Crippen LogP contribution >= 0.6 is 34.8 Å². The van der Waals surface area contributed by atoms with E-state index in [9.17, 15) is 32.4 Å². The zero-order valence-electron chi connectivity index (χ0n) is 77.4. The van der Waals surface area contributed by atoms with E-state index >= 15 is 0 Å². The average molecular weight is 1870 g/mol. The molecule has 6 atom stereocenters. The molecule has 131 heavy (non-hydrogen) atoms. The lowest BCUT2D eigenvalue weighted by Gasteiger charge is -2.40. The molecule has 3 aliphatic carbocycles. The Morgan fingerprint density at radius 3 is 1.05 bits per heavy atom. The SMILES string of the molecule is Cn1cncc1C(NC(=O)NC(C)(C)C)C1=Cc2cccnc2[C@@H](N2CCN(C(=O)NC(C)(C)C)CC2)c2ccc(Cl)cc21.Cn1cncc1C(NC(=O)NC(C)(C)C)C1=Cc2cccnc2[C@@H](N2CCN(C(=O)OC3CCOCC3)CC2)c2ccc(Cl)cc21.Cn1cncc1C(NC(=O)NC(C)(C)C)C1=Cc2cccnc2[C@@H](N2CCN(S(C)(=O)=O)CC2)c2ccc(Cl)cc21. The van der Waals surface area contributed by atoms with Gasteiger partial charge in [-0.25, -0.2) is 47.3 Å². The van der Waals surface area contributed by atoms with Gasteiger partial charge in [0.05, 0.1) is 127 Å². The molecule has 4 fully saturated rings. The number of nitrogens with zero attached hydrogens (tertiary/aromatic N) is 15. The van der Waals surface area contributed by atoms with E-state index in [1.165, 1.54) is 10.6 Å². The number of carbonyl (C=O) groups excluding carboxylic acids is 5. The summed E-state index contributed by atoms with van der Waals surface area (Å²) in [6.07, 6.45) is 24.5. The van der Waals surface area contributed by atoms with Crippen LogP contribution in [0.25, 0.3) is 34.9 Å². The minimum Gasteiger partial charge on any atom is -0.446 e. The number of fused-ring (bicyclic) bond motifs is 6. The minimum atomic E-state index is -3.28. The van der Waals surface area contributed by atoms with Gasteiger partial charge in [0.15, 0.2) is 0 Å². The average Bonchev–Trinajstić information content (AvgIpc) is 1.63. The van der Waals surface area contributed by atoms with Crippen molar-refractivity contribution in [2.45, 2.75) is 160 Å². The summed E-state index contributed by atoms with van der Waals surface area (Å²) in [5.74, 6) is 0. The van der Waals surface area contributed by atoms with Gasteiger partial charge in [-0.05, 0) is 223 Å². The number of aromatic nitrogens is 9. The summed E-state index contributed by atoms with van der Waals surface area (Å²) < 4.78 is 42.9. The molecule has 696 valence electrons. The van der Waals surface area contributed by atoms with Crippen LogP contribution < -0.4 is 37.2 Å². The zero-order valence-corrected chi connectivity index (χ0v) is 80.5. The molecule has 6 aromatic heterocycles. The number of rotatable bonds is 14. The maximum Gasteiger partial charge on any atom is 0.410 e. The number of benzene rings is 3.